The average Bonchev–Trinajstić information content (AvgIpc) is 0.704. The summed E-state index contributed by atoms with van der Waals surface area (Å²) >= 11 is 39.8. The van der Waals surface area contributed by atoms with Crippen LogP contribution in [0.25, 0.3) is 81.7 Å². The molecule has 0 unspecified atom stereocenters. The van der Waals surface area contributed by atoms with Crippen molar-refractivity contribution in [2.24, 2.45) is 14.1 Å². The fourth-order valence-electron chi connectivity index (χ4n) is 14.8. The van der Waals surface area contributed by atoms with E-state index in [0.29, 0.717) is 100 Å². The summed E-state index contributed by atoms with van der Waals surface area (Å²) in [5.74, 6) is 6.59. The van der Waals surface area contributed by atoms with Crippen LogP contribution in [0.1, 0.15) is 44.5 Å². The van der Waals surface area contributed by atoms with Gasteiger partial charge in [0.1, 0.15) is 79.6 Å². The van der Waals surface area contributed by atoms with Crippen LogP contribution in [0.3, 0.4) is 0 Å². The Kier molecular flexibility index (Phi) is 31.4. The highest BCUT2D eigenvalue weighted by Gasteiger charge is 2.36. The highest BCUT2D eigenvalue weighted by molar-refractivity contribution is 7.27. The Morgan fingerprint density at radius 3 is 1.13 bits per heavy atom. The van der Waals surface area contributed by atoms with E-state index in [-0.39, 0.29) is 49.6 Å². The molecule has 0 radical (unpaired) electrons. The molecular weight excluding hydrogens is 1880 g/mol. The van der Waals surface area contributed by atoms with Crippen LogP contribution >= 0.6 is 115 Å². The van der Waals surface area contributed by atoms with Gasteiger partial charge in [-0.3, -0.25) is 28.8 Å². The number of nitrogens with zero attached hydrogens (tertiary/aromatic N) is 2. The van der Waals surface area contributed by atoms with Gasteiger partial charge >= 0.3 is 0 Å². The number of rotatable bonds is 20. The van der Waals surface area contributed by atoms with Crippen LogP contribution in [0, 0.1) is 48.5 Å². The number of hydrogen-bond acceptors (Lipinski definition) is 28. The second-order valence-corrected chi connectivity index (χ2v) is 35.1. The van der Waals surface area contributed by atoms with Gasteiger partial charge in [0, 0.05) is 67.8 Å². The molecule has 15 rings (SSSR count). The topological polar surface area (TPSA) is 330 Å². The van der Waals surface area contributed by atoms with Gasteiger partial charge in [0.2, 0.25) is 51.2 Å². The van der Waals surface area contributed by atoms with E-state index < -0.39 is 43.3 Å². The van der Waals surface area contributed by atoms with Crippen molar-refractivity contribution >= 4 is 231 Å². The number of ether oxygens (including phenoxy) is 16. The molecule has 0 bridgehead atoms. The summed E-state index contributed by atoms with van der Waals surface area (Å²) in [5.41, 5.74) is 19.8. The molecule has 4 aromatic heterocycles. The summed E-state index contributed by atoms with van der Waals surface area (Å²) in [6.07, 6.45) is 0.134. The normalized spacial score (nSPS) is 12.6. The Morgan fingerprint density at radius 1 is 0.323 bits per heavy atom. The van der Waals surface area contributed by atoms with Crippen LogP contribution in [-0.4, -0.2) is 156 Å². The molecule has 688 valence electrons. The molecule has 0 amide bonds. The zero-order chi connectivity index (χ0) is 95.5. The third kappa shape index (κ3) is 18.1. The van der Waals surface area contributed by atoms with Crippen molar-refractivity contribution in [3.8, 4) is 92.0 Å². The number of nitrogens with two attached hydrogens (primary N) is 1. The molecule has 9 aromatic carbocycles. The lowest BCUT2D eigenvalue weighted by atomic mass is 9.93. The Morgan fingerprint density at radius 2 is 0.692 bits per heavy atom. The molecule has 38 heteroatoms. The molecule has 0 atom stereocenters. The van der Waals surface area contributed by atoms with Gasteiger partial charge in [-0.05, 0) is 117 Å². The number of aromatic amines is 2. The van der Waals surface area contributed by atoms with E-state index in [1.54, 1.807) is 112 Å². The van der Waals surface area contributed by atoms with E-state index >= 15 is 0 Å². The fraction of sp³-hybridized carbons (Fsp3) is 0.283. The first kappa shape index (κ1) is 99.0. The van der Waals surface area contributed by atoms with E-state index in [1.807, 2.05) is 99.0 Å². The second-order valence-electron chi connectivity index (χ2n) is 28.8. The fourth-order valence-corrected chi connectivity index (χ4v) is 21.1. The zero-order valence-corrected chi connectivity index (χ0v) is 83.1. The average molecular weight is 1970 g/mol. The number of benzene rings is 9. The molecular formula is C92H92Cl6N6O22S4. The Labute approximate surface area is 792 Å². The molecule has 13 aromatic rings. The van der Waals surface area contributed by atoms with Gasteiger partial charge in [0.15, 0.2) is 57.5 Å². The van der Waals surface area contributed by atoms with Gasteiger partial charge in [0.05, 0.1) is 169 Å². The number of ketones is 4. The summed E-state index contributed by atoms with van der Waals surface area (Å²) in [5, 5.41) is 0.866. The monoisotopic (exact) mass is 1970 g/mol. The number of methoxy groups -OCH3 is 16. The number of aromatic nitrogens is 4. The minimum Gasteiger partial charge on any atom is -0.496 e. The molecule has 130 heavy (non-hydrogen) atoms. The SMILES string of the molecule is COc1cc(CC2=C(Cl)C(=O)C(Nc3cc(OC)c(OC)c(OC)c3)=C(Cl)C2=O)cc(C)c1C.COc1cc(N)cc(C)c1C.COc1cc2[nH]c3c(=O)c4sc5c(OC)c(C)c(C)cc5[nH]c4c(=O)c3sc2c(OC)c1OC.COc1cc2c(sc3c(OC)c4c(sc5c(OC)c(OC)c(C)cc5n4C)c(OC)c3n2C)c(OC)c1OC.O=C1C(Cl)=C(Cl)C(=O)C(Cl)=C1Cl. The highest BCUT2D eigenvalue weighted by Crippen LogP contribution is 2.55. The largest absolute Gasteiger partial charge is 0.496 e. The van der Waals surface area contributed by atoms with Gasteiger partial charge in [-0.15, -0.1) is 45.3 Å². The molecule has 0 fully saturated rings. The molecule has 0 saturated heterocycles. The summed E-state index contributed by atoms with van der Waals surface area (Å²) in [7, 11) is 29.4. The van der Waals surface area contributed by atoms with E-state index in [4.69, 9.17) is 151 Å². The van der Waals surface area contributed by atoms with E-state index in [1.165, 1.54) is 70.9 Å². The van der Waals surface area contributed by atoms with Crippen molar-refractivity contribution in [2.75, 3.05) is 125 Å². The smallest absolute Gasteiger partial charge is 0.222 e. The van der Waals surface area contributed by atoms with Gasteiger partial charge in [-0.1, -0.05) is 75.7 Å². The van der Waals surface area contributed by atoms with Crippen LogP contribution in [0.2, 0.25) is 0 Å². The first-order chi connectivity index (χ1) is 61.9. The van der Waals surface area contributed by atoms with Crippen LogP contribution < -0.4 is 97.7 Å². The maximum absolute atomic E-state index is 13.6. The minimum atomic E-state index is -0.729. The third-order valence-electron chi connectivity index (χ3n) is 21.6. The predicted octanol–water partition coefficient (Wildman–Crippen LogP) is 21.1. The van der Waals surface area contributed by atoms with Gasteiger partial charge in [-0.2, -0.15) is 0 Å². The summed E-state index contributed by atoms with van der Waals surface area (Å²) in [4.78, 5) is 81.8. The predicted molar refractivity (Wildman–Crippen MR) is 522 cm³/mol. The summed E-state index contributed by atoms with van der Waals surface area (Å²) in [6, 6.07) is 18.4. The molecule has 0 saturated carbocycles. The number of fused-ring (bicyclic) bond motifs is 8. The van der Waals surface area contributed by atoms with Crippen LogP contribution in [0.15, 0.2) is 112 Å². The van der Waals surface area contributed by atoms with Crippen molar-refractivity contribution in [3.05, 3.63) is 167 Å². The van der Waals surface area contributed by atoms with Crippen molar-refractivity contribution in [3.63, 3.8) is 0 Å². The van der Waals surface area contributed by atoms with Gasteiger partial charge in [-0.25, -0.2) is 0 Å². The number of H-pyrrole nitrogens is 2. The lowest BCUT2D eigenvalue weighted by Crippen LogP contribution is -2.25. The number of hydrogen-bond donors (Lipinski definition) is 4. The Bertz CT molecular complexity index is 7120. The highest BCUT2D eigenvalue weighted by atomic mass is 35.5. The standard InChI is InChI=1S/C28H32N2O7S2.C25H25Cl2NO6.C24H22N2O6S2.C9H13NO.C6Cl4O2/c1-13-11-14-25(23(36-9)19(13)32-5)38-27-17(29(14)2)21(34-7)28-18(22(27)35-8)30(3)15-12-16(31-4)20(33-6)24(37-10)26(15)39-28;1-12-7-14(9-17(31-3)13(12)2)8-16-20(26)24(30)22(21(27)23(16)29)28-15-10-18(32-4)25(34-6)19(11-15)33-5;1-9-7-11-21(18(30-4)10(9)2)33-23-14(25-11)16(27)24-15(17(23)28)26-12-8-13(29-3)19(31-5)20(32-6)22(12)34-24;1-6-4-8(10)5-9(11-3)7(6)2;7-1-2(8)6(12)4(10)3(9)5(1)11/h11-12H,1-10H3;7,9-11,28H,8H2,1-6H3;7-8,25-26H,1-6H3;4-5H,10H2,1-3H3;. The van der Waals surface area contributed by atoms with Crippen LogP contribution in [0.4, 0.5) is 11.4 Å². The maximum atomic E-state index is 13.6. The number of aryl methyl sites for hydroxylation is 6. The molecule has 0 spiro atoms. The van der Waals surface area contributed by atoms with Crippen molar-refractivity contribution < 1.29 is 95.0 Å². The maximum Gasteiger partial charge on any atom is 0.222 e. The number of Topliss-reactive ketones (excluding diaryl/α,β-unsaturated/α-hetero) is 4. The summed E-state index contributed by atoms with van der Waals surface area (Å²) in [6.45, 7) is 13.9. The number of nitrogen functional groups attached to an aromatic ring is 1. The quantitative estimate of drug-likeness (QED) is 0.0313. The van der Waals surface area contributed by atoms with Gasteiger partial charge < -0.3 is 106 Å². The minimum absolute atomic E-state index is 0.123. The molecule has 2 aliphatic carbocycles. The molecule has 28 nitrogen and oxygen atoms in total. The van der Waals surface area contributed by atoms with Crippen molar-refractivity contribution in [1.29, 1.82) is 0 Å². The lowest BCUT2D eigenvalue weighted by molar-refractivity contribution is -0.115. The number of carbonyl (C=O) groups is 4. The summed E-state index contributed by atoms with van der Waals surface area (Å²) < 4.78 is 99.6. The Hall–Kier alpha value is -11.6. The molecule has 5 N–H and O–H groups in total. The number of carbonyl (C=O) groups excluding carboxylic acids is 4. The lowest BCUT2D eigenvalue weighted by Gasteiger charge is -2.23. The number of allylic oxidation sites excluding steroid dienone is 7. The van der Waals surface area contributed by atoms with Crippen molar-refractivity contribution in [1.82, 2.24) is 19.1 Å². The van der Waals surface area contributed by atoms with Gasteiger partial charge in [0.25, 0.3) is 0 Å². The third-order valence-corrected chi connectivity index (χ3v) is 28.8. The zero-order valence-electron chi connectivity index (χ0n) is 75.3. The molecule has 2 aliphatic rings. The number of nitrogens with one attached hydrogen (secondary N) is 3. The number of halogens is 6. The first-order valence-electron chi connectivity index (χ1n) is 38.8. The second kappa shape index (κ2) is 41.3. The van der Waals surface area contributed by atoms with E-state index in [2.05, 4.69) is 30.5 Å². The van der Waals surface area contributed by atoms with Crippen LogP contribution in [-0.2, 0) is 39.7 Å². The van der Waals surface area contributed by atoms with E-state index in [0.717, 1.165) is 113 Å². The Balaban J connectivity index is 0.000000168. The van der Waals surface area contributed by atoms with Crippen molar-refractivity contribution in [2.45, 2.75) is 54.9 Å². The molecule has 0 aliphatic heterocycles. The first-order valence-corrected chi connectivity index (χ1v) is 44.4. The number of anilines is 2. The van der Waals surface area contributed by atoms with Crippen LogP contribution in [0.5, 0.6) is 92.0 Å². The van der Waals surface area contributed by atoms with E-state index in [9.17, 15) is 28.8 Å². The molecule has 4 heterocycles.